The molecule has 0 aromatic heterocycles. The smallest absolute Gasteiger partial charge is 0.339 e. The monoisotopic (exact) mass is 501 g/mol. The number of carbonyl (C=O) groups excluding carboxylic acids is 2. The highest BCUT2D eigenvalue weighted by molar-refractivity contribution is 7.87. The fourth-order valence-electron chi connectivity index (χ4n) is 2.74. The summed E-state index contributed by atoms with van der Waals surface area (Å²) in [4.78, 5) is 23.1. The Morgan fingerprint density at radius 1 is 0.971 bits per heavy atom. The second-order valence-corrected chi connectivity index (χ2v) is 8.84. The molecule has 0 saturated heterocycles. The van der Waals surface area contributed by atoms with E-state index in [1.54, 1.807) is 30.3 Å². The zero-order chi connectivity index (χ0) is 24.7. The summed E-state index contributed by atoms with van der Waals surface area (Å²) in [6, 6.07) is 16.3. The highest BCUT2D eigenvalue weighted by atomic mass is 35.5. The fourth-order valence-corrected chi connectivity index (χ4v) is 3.80. The van der Waals surface area contributed by atoms with Crippen LogP contribution >= 0.6 is 11.6 Å². The molecule has 0 aliphatic rings. The van der Waals surface area contributed by atoms with Gasteiger partial charge in [0.05, 0.1) is 13.3 Å². The Bertz CT molecular complexity index is 1320. The quantitative estimate of drug-likeness (QED) is 0.274. The zero-order valence-electron chi connectivity index (χ0n) is 18.1. The number of rotatable bonds is 8. The topological polar surface area (TPSA) is 123 Å². The summed E-state index contributed by atoms with van der Waals surface area (Å²) in [5, 5.41) is 6.95. The van der Waals surface area contributed by atoms with Crippen molar-refractivity contribution in [2.75, 3.05) is 12.4 Å². The number of ether oxygens (including phenoxy) is 1. The number of benzene rings is 3. The number of amides is 2. The van der Waals surface area contributed by atoms with Gasteiger partial charge in [-0.15, -0.1) is 0 Å². The predicted octanol–water partition coefficient (Wildman–Crippen LogP) is 3.84. The lowest BCUT2D eigenvalue weighted by molar-refractivity contribution is -0.114. The third-order valence-electron chi connectivity index (χ3n) is 4.34. The number of methoxy groups -OCH3 is 1. The number of hydrazone groups is 1. The van der Waals surface area contributed by atoms with E-state index in [9.17, 15) is 18.0 Å². The number of anilines is 1. The lowest BCUT2D eigenvalue weighted by Gasteiger charge is -2.12. The van der Waals surface area contributed by atoms with Crippen molar-refractivity contribution in [2.45, 2.75) is 11.8 Å². The molecule has 9 nitrogen and oxygen atoms in total. The molecule has 0 fully saturated rings. The van der Waals surface area contributed by atoms with Gasteiger partial charge in [-0.05, 0) is 72.3 Å². The average Bonchev–Trinajstić information content (AvgIpc) is 2.79. The first-order chi connectivity index (χ1) is 16.2. The lowest BCUT2D eigenvalue weighted by Crippen LogP contribution is -2.17. The van der Waals surface area contributed by atoms with Crippen LogP contribution in [0.5, 0.6) is 11.5 Å². The van der Waals surface area contributed by atoms with Crippen LogP contribution in [0.2, 0.25) is 5.02 Å². The van der Waals surface area contributed by atoms with Gasteiger partial charge in [0.25, 0.3) is 5.91 Å². The standard InChI is InChI=1S/C23H20ClN3O6S/c1-15(28)26-19-8-10-20(11-9-19)34(30,31)33-22-13-16(3-12-21(22)32-2)14-25-27-23(29)17-4-6-18(24)7-5-17/h3-14H,1-2H3,(H,26,28)(H,27,29)/b25-14-. The molecular weight excluding hydrogens is 482 g/mol. The van der Waals surface area contributed by atoms with Crippen LogP contribution in [0.15, 0.2) is 76.7 Å². The molecule has 0 heterocycles. The summed E-state index contributed by atoms with van der Waals surface area (Å²) in [5.74, 6) is -0.607. The second-order valence-electron chi connectivity index (χ2n) is 6.86. The molecule has 0 aliphatic carbocycles. The molecule has 3 aromatic carbocycles. The summed E-state index contributed by atoms with van der Waals surface area (Å²) < 4.78 is 35.9. The van der Waals surface area contributed by atoms with Crippen LogP contribution in [0.25, 0.3) is 0 Å². The van der Waals surface area contributed by atoms with E-state index in [1.807, 2.05) is 0 Å². The Morgan fingerprint density at radius 2 is 1.65 bits per heavy atom. The third-order valence-corrected chi connectivity index (χ3v) is 5.84. The second kappa shape index (κ2) is 10.8. The first kappa shape index (κ1) is 24.7. The maximum absolute atomic E-state index is 12.7. The SMILES string of the molecule is COc1ccc(/C=N\NC(=O)c2ccc(Cl)cc2)cc1OS(=O)(=O)c1ccc(NC(C)=O)cc1. The Balaban J connectivity index is 1.75. The molecule has 176 valence electrons. The summed E-state index contributed by atoms with van der Waals surface area (Å²) in [6.07, 6.45) is 1.33. The van der Waals surface area contributed by atoms with Crippen molar-refractivity contribution in [3.05, 3.63) is 82.9 Å². The normalized spacial score (nSPS) is 11.1. The fraction of sp³-hybridized carbons (Fsp3) is 0.0870. The third kappa shape index (κ3) is 6.56. The molecule has 3 rings (SSSR count). The lowest BCUT2D eigenvalue weighted by atomic mass is 10.2. The molecule has 0 radical (unpaired) electrons. The highest BCUT2D eigenvalue weighted by Crippen LogP contribution is 2.30. The predicted molar refractivity (Wildman–Crippen MR) is 128 cm³/mol. The van der Waals surface area contributed by atoms with Gasteiger partial charge in [-0.3, -0.25) is 9.59 Å². The van der Waals surface area contributed by atoms with Gasteiger partial charge in [0.2, 0.25) is 5.91 Å². The summed E-state index contributed by atoms with van der Waals surface area (Å²) >= 11 is 5.81. The molecule has 2 N–H and O–H groups in total. The van der Waals surface area contributed by atoms with Crippen LogP contribution in [0.4, 0.5) is 5.69 Å². The Kier molecular flexibility index (Phi) is 7.87. The summed E-state index contributed by atoms with van der Waals surface area (Å²) in [7, 11) is -2.83. The Morgan fingerprint density at radius 3 is 2.26 bits per heavy atom. The van der Waals surface area contributed by atoms with Crippen LogP contribution in [0, 0.1) is 0 Å². The minimum Gasteiger partial charge on any atom is -0.493 e. The van der Waals surface area contributed by atoms with E-state index in [4.69, 9.17) is 20.5 Å². The first-order valence-electron chi connectivity index (χ1n) is 9.77. The van der Waals surface area contributed by atoms with Crippen molar-refractivity contribution >= 4 is 45.4 Å². The number of hydrogen-bond acceptors (Lipinski definition) is 7. The van der Waals surface area contributed by atoms with Crippen molar-refractivity contribution in [1.29, 1.82) is 0 Å². The molecule has 3 aromatic rings. The van der Waals surface area contributed by atoms with E-state index < -0.39 is 16.0 Å². The molecule has 0 atom stereocenters. The maximum Gasteiger partial charge on any atom is 0.339 e. The van der Waals surface area contributed by atoms with Crippen molar-refractivity contribution in [2.24, 2.45) is 5.10 Å². The van der Waals surface area contributed by atoms with E-state index in [1.165, 1.54) is 56.6 Å². The minimum absolute atomic E-state index is 0.0681. The number of halogens is 1. The number of nitrogens with zero attached hydrogens (tertiary/aromatic N) is 1. The molecule has 11 heteroatoms. The number of carbonyl (C=O) groups is 2. The van der Waals surface area contributed by atoms with E-state index in [2.05, 4.69) is 15.8 Å². The van der Waals surface area contributed by atoms with Gasteiger partial charge in [0.15, 0.2) is 11.5 Å². The van der Waals surface area contributed by atoms with Gasteiger partial charge in [-0.25, -0.2) is 5.43 Å². The molecular formula is C23H20ClN3O6S. The number of nitrogens with one attached hydrogen (secondary N) is 2. The van der Waals surface area contributed by atoms with E-state index >= 15 is 0 Å². The van der Waals surface area contributed by atoms with Gasteiger partial charge in [-0.1, -0.05) is 11.6 Å². The summed E-state index contributed by atoms with van der Waals surface area (Å²) in [5.41, 5.74) is 3.64. The Labute approximate surface area is 201 Å². The van der Waals surface area contributed by atoms with Crippen LogP contribution < -0.4 is 19.7 Å². The average molecular weight is 502 g/mol. The molecule has 2 amide bonds. The van der Waals surface area contributed by atoms with Gasteiger partial charge < -0.3 is 14.2 Å². The van der Waals surface area contributed by atoms with E-state index in [-0.39, 0.29) is 22.3 Å². The maximum atomic E-state index is 12.7. The largest absolute Gasteiger partial charge is 0.493 e. The van der Waals surface area contributed by atoms with Crippen molar-refractivity contribution < 1.29 is 26.9 Å². The summed E-state index contributed by atoms with van der Waals surface area (Å²) in [6.45, 7) is 1.35. The van der Waals surface area contributed by atoms with Gasteiger partial charge in [-0.2, -0.15) is 13.5 Å². The molecule has 0 bridgehead atoms. The molecule has 0 saturated carbocycles. The highest BCUT2D eigenvalue weighted by Gasteiger charge is 2.19. The van der Waals surface area contributed by atoms with E-state index in [0.717, 1.165) is 0 Å². The minimum atomic E-state index is -4.20. The first-order valence-corrected chi connectivity index (χ1v) is 11.6. The number of hydrogen-bond donors (Lipinski definition) is 2. The molecule has 0 spiro atoms. The van der Waals surface area contributed by atoms with Crippen LogP contribution in [-0.2, 0) is 14.9 Å². The molecule has 34 heavy (non-hydrogen) atoms. The van der Waals surface area contributed by atoms with Crippen molar-refractivity contribution in [1.82, 2.24) is 5.43 Å². The van der Waals surface area contributed by atoms with Crippen LogP contribution in [0.1, 0.15) is 22.8 Å². The Hall–Kier alpha value is -3.89. The van der Waals surface area contributed by atoms with E-state index in [0.29, 0.717) is 21.8 Å². The molecule has 0 unspecified atom stereocenters. The zero-order valence-corrected chi connectivity index (χ0v) is 19.7. The van der Waals surface area contributed by atoms with Gasteiger partial charge in [0.1, 0.15) is 4.90 Å². The van der Waals surface area contributed by atoms with Crippen molar-refractivity contribution in [3.63, 3.8) is 0 Å². The van der Waals surface area contributed by atoms with Crippen LogP contribution in [0.3, 0.4) is 0 Å². The van der Waals surface area contributed by atoms with Crippen LogP contribution in [-0.4, -0.2) is 33.6 Å². The molecule has 0 aliphatic heterocycles. The van der Waals surface area contributed by atoms with Gasteiger partial charge in [0, 0.05) is 23.2 Å². The van der Waals surface area contributed by atoms with Gasteiger partial charge >= 0.3 is 10.1 Å². The van der Waals surface area contributed by atoms with Crippen molar-refractivity contribution in [3.8, 4) is 11.5 Å².